The highest BCUT2D eigenvalue weighted by Gasteiger charge is 2.30. The summed E-state index contributed by atoms with van der Waals surface area (Å²) < 4.78 is 10.7. The zero-order chi connectivity index (χ0) is 20.8. The molecule has 3 heterocycles. The number of ether oxygens (including phenoxy) is 1. The van der Waals surface area contributed by atoms with Crippen LogP contribution in [0.4, 0.5) is 0 Å². The number of hydrogen-bond acceptors (Lipinski definition) is 5. The fraction of sp³-hybridized carbons (Fsp3) is 0.478. The van der Waals surface area contributed by atoms with Crippen molar-refractivity contribution in [3.05, 3.63) is 60.1 Å². The lowest BCUT2D eigenvalue weighted by Crippen LogP contribution is -2.46. The maximum atomic E-state index is 13.1. The predicted octanol–water partition coefficient (Wildman–Crippen LogP) is 2.32. The van der Waals surface area contributed by atoms with E-state index in [0.717, 1.165) is 38.4 Å². The Morgan fingerprint density at radius 2 is 1.73 bits per heavy atom. The van der Waals surface area contributed by atoms with Gasteiger partial charge >= 0.3 is 0 Å². The zero-order valence-electron chi connectivity index (χ0n) is 17.2. The van der Waals surface area contributed by atoms with Crippen LogP contribution in [-0.4, -0.2) is 67.6 Å². The summed E-state index contributed by atoms with van der Waals surface area (Å²) in [6.07, 6.45) is 2.83. The molecule has 0 aliphatic carbocycles. The van der Waals surface area contributed by atoms with Gasteiger partial charge in [-0.05, 0) is 30.5 Å². The van der Waals surface area contributed by atoms with Crippen molar-refractivity contribution in [2.75, 3.05) is 45.9 Å². The van der Waals surface area contributed by atoms with E-state index in [1.807, 2.05) is 18.2 Å². The first-order chi connectivity index (χ1) is 14.7. The van der Waals surface area contributed by atoms with Crippen molar-refractivity contribution in [1.29, 1.82) is 0 Å². The summed E-state index contributed by atoms with van der Waals surface area (Å²) in [5.41, 5.74) is 1.11. The van der Waals surface area contributed by atoms with Gasteiger partial charge in [-0.1, -0.05) is 30.3 Å². The van der Waals surface area contributed by atoms with Crippen molar-refractivity contribution in [2.24, 2.45) is 5.92 Å². The number of piperidine rings is 1. The van der Waals surface area contributed by atoms with E-state index < -0.39 is 0 Å². The smallest absolute Gasteiger partial charge is 0.289 e. The molecule has 0 saturated carbocycles. The lowest BCUT2D eigenvalue weighted by Gasteiger charge is -2.34. The van der Waals surface area contributed by atoms with Gasteiger partial charge in [-0.3, -0.25) is 14.5 Å². The number of rotatable bonds is 6. The zero-order valence-corrected chi connectivity index (χ0v) is 17.2. The van der Waals surface area contributed by atoms with E-state index in [1.54, 1.807) is 17.0 Å². The molecule has 1 atom stereocenters. The van der Waals surface area contributed by atoms with Crippen molar-refractivity contribution in [2.45, 2.75) is 18.9 Å². The third kappa shape index (κ3) is 5.09. The number of hydrogen-bond donors (Lipinski definition) is 1. The van der Waals surface area contributed by atoms with Crippen LogP contribution in [0.15, 0.2) is 53.1 Å². The summed E-state index contributed by atoms with van der Waals surface area (Å²) >= 11 is 0. The summed E-state index contributed by atoms with van der Waals surface area (Å²) in [6, 6.07) is 13.5. The van der Waals surface area contributed by atoms with Gasteiger partial charge < -0.3 is 19.4 Å². The van der Waals surface area contributed by atoms with Crippen LogP contribution in [0.3, 0.4) is 0 Å². The van der Waals surface area contributed by atoms with Crippen molar-refractivity contribution in [3.8, 4) is 0 Å². The van der Waals surface area contributed by atoms with Crippen LogP contribution < -0.4 is 5.32 Å². The van der Waals surface area contributed by atoms with Gasteiger partial charge in [0.25, 0.3) is 5.91 Å². The molecule has 160 valence electrons. The molecule has 30 heavy (non-hydrogen) atoms. The maximum absolute atomic E-state index is 13.1. The Bertz CT molecular complexity index is 810. The minimum absolute atomic E-state index is 0.0559. The van der Waals surface area contributed by atoms with Crippen LogP contribution in [0, 0.1) is 5.92 Å². The Kier molecular flexibility index (Phi) is 6.81. The second-order valence-electron chi connectivity index (χ2n) is 7.93. The number of benzene rings is 1. The number of morpholine rings is 1. The molecule has 2 saturated heterocycles. The molecule has 2 fully saturated rings. The molecule has 2 amide bonds. The lowest BCUT2D eigenvalue weighted by molar-refractivity contribution is -0.127. The summed E-state index contributed by atoms with van der Waals surface area (Å²) in [4.78, 5) is 29.6. The molecule has 2 aliphatic heterocycles. The molecule has 2 aromatic rings. The molecular weight excluding hydrogens is 382 g/mol. The second-order valence-corrected chi connectivity index (χ2v) is 7.93. The number of carbonyl (C=O) groups is 2. The van der Waals surface area contributed by atoms with Gasteiger partial charge in [0.1, 0.15) is 0 Å². The first kappa shape index (κ1) is 20.6. The fourth-order valence-corrected chi connectivity index (χ4v) is 4.15. The molecule has 2 aliphatic rings. The van der Waals surface area contributed by atoms with Crippen molar-refractivity contribution in [1.82, 2.24) is 15.1 Å². The Hall–Kier alpha value is -2.64. The Labute approximate surface area is 177 Å². The van der Waals surface area contributed by atoms with Gasteiger partial charge in [-0.25, -0.2) is 0 Å². The summed E-state index contributed by atoms with van der Waals surface area (Å²) in [6.45, 7) is 5.14. The van der Waals surface area contributed by atoms with Gasteiger partial charge in [0.15, 0.2) is 5.76 Å². The van der Waals surface area contributed by atoms with E-state index in [9.17, 15) is 9.59 Å². The fourth-order valence-electron chi connectivity index (χ4n) is 4.15. The van der Waals surface area contributed by atoms with E-state index in [4.69, 9.17) is 9.15 Å². The average molecular weight is 412 g/mol. The minimum Gasteiger partial charge on any atom is -0.459 e. The van der Waals surface area contributed by atoms with E-state index >= 15 is 0 Å². The van der Waals surface area contributed by atoms with Crippen LogP contribution >= 0.6 is 0 Å². The largest absolute Gasteiger partial charge is 0.459 e. The number of likely N-dealkylation sites (tertiary alicyclic amines) is 1. The third-order valence-corrected chi connectivity index (χ3v) is 5.95. The number of nitrogens with zero attached hydrogens (tertiary/aromatic N) is 2. The quantitative estimate of drug-likeness (QED) is 0.790. The molecule has 4 rings (SSSR count). The maximum Gasteiger partial charge on any atom is 0.289 e. The summed E-state index contributed by atoms with van der Waals surface area (Å²) in [7, 11) is 0. The highest BCUT2D eigenvalue weighted by atomic mass is 16.5. The molecular formula is C23H29N3O4. The third-order valence-electron chi connectivity index (χ3n) is 5.95. The van der Waals surface area contributed by atoms with Crippen LogP contribution in [-0.2, 0) is 9.53 Å². The number of furan rings is 1. The van der Waals surface area contributed by atoms with Gasteiger partial charge in [0.2, 0.25) is 5.91 Å². The van der Waals surface area contributed by atoms with Crippen LogP contribution in [0.25, 0.3) is 0 Å². The highest BCUT2D eigenvalue weighted by Crippen LogP contribution is 2.22. The molecule has 7 heteroatoms. The second kappa shape index (κ2) is 9.91. The highest BCUT2D eigenvalue weighted by molar-refractivity contribution is 5.91. The average Bonchev–Trinajstić information content (AvgIpc) is 3.34. The van der Waals surface area contributed by atoms with Crippen molar-refractivity contribution in [3.63, 3.8) is 0 Å². The molecule has 0 spiro atoms. The molecule has 1 aromatic carbocycles. The van der Waals surface area contributed by atoms with Crippen molar-refractivity contribution >= 4 is 11.8 Å². The first-order valence-corrected chi connectivity index (χ1v) is 10.7. The Morgan fingerprint density at radius 1 is 1.00 bits per heavy atom. The molecule has 0 radical (unpaired) electrons. The van der Waals surface area contributed by atoms with Crippen LogP contribution in [0.1, 0.15) is 35.0 Å². The molecule has 1 N–H and O–H groups in total. The summed E-state index contributed by atoms with van der Waals surface area (Å²) in [5.74, 6) is 0.240. The molecule has 0 bridgehead atoms. The van der Waals surface area contributed by atoms with E-state index in [2.05, 4.69) is 22.3 Å². The van der Waals surface area contributed by atoms with E-state index in [0.29, 0.717) is 31.7 Å². The van der Waals surface area contributed by atoms with Gasteiger partial charge in [-0.2, -0.15) is 0 Å². The van der Waals surface area contributed by atoms with Gasteiger partial charge in [-0.15, -0.1) is 0 Å². The SMILES string of the molecule is O=C(N[C@@H](CN1CCOCC1)c1ccccc1)C1CCN(C(=O)c2ccco2)CC1. The van der Waals surface area contributed by atoms with Crippen LogP contribution in [0.2, 0.25) is 0 Å². The van der Waals surface area contributed by atoms with Crippen molar-refractivity contribution < 1.29 is 18.7 Å². The van der Waals surface area contributed by atoms with E-state index in [1.165, 1.54) is 6.26 Å². The molecule has 1 aromatic heterocycles. The number of nitrogens with one attached hydrogen (secondary N) is 1. The molecule has 0 unspecified atom stereocenters. The Balaban J connectivity index is 1.35. The number of carbonyl (C=O) groups excluding carboxylic acids is 2. The summed E-state index contributed by atoms with van der Waals surface area (Å²) in [5, 5.41) is 3.28. The predicted molar refractivity (Wildman–Crippen MR) is 112 cm³/mol. The number of amides is 2. The molecule has 7 nitrogen and oxygen atoms in total. The first-order valence-electron chi connectivity index (χ1n) is 10.7. The standard InChI is InChI=1S/C23H29N3O4/c27-22(19-8-10-26(11-9-19)23(28)21-7-4-14-30-21)24-20(18-5-2-1-3-6-18)17-25-12-15-29-16-13-25/h1-7,14,19-20H,8-13,15-17H2,(H,24,27)/t20-/m0/s1. The minimum atomic E-state index is -0.103. The lowest BCUT2D eigenvalue weighted by atomic mass is 9.94. The van der Waals surface area contributed by atoms with Crippen LogP contribution in [0.5, 0.6) is 0 Å². The Morgan fingerprint density at radius 3 is 2.40 bits per heavy atom. The van der Waals surface area contributed by atoms with Gasteiger partial charge in [0, 0.05) is 38.6 Å². The monoisotopic (exact) mass is 411 g/mol. The van der Waals surface area contributed by atoms with Gasteiger partial charge in [0.05, 0.1) is 25.5 Å². The van der Waals surface area contributed by atoms with E-state index in [-0.39, 0.29) is 23.8 Å². The topological polar surface area (TPSA) is 75.0 Å². The normalized spacial score (nSPS) is 19.4.